The van der Waals surface area contributed by atoms with Crippen molar-refractivity contribution in [1.82, 2.24) is 0 Å². The molecule has 1 saturated heterocycles. The van der Waals surface area contributed by atoms with Crippen molar-refractivity contribution in [3.05, 3.63) is 48.6 Å². The van der Waals surface area contributed by atoms with E-state index in [1.54, 1.807) is 0 Å². The fourth-order valence-corrected chi connectivity index (χ4v) is 8.50. The highest BCUT2D eigenvalue weighted by Gasteiger charge is 2.46. The molecule has 4 N–H and O–H groups in total. The van der Waals surface area contributed by atoms with Crippen LogP contribution in [0.2, 0.25) is 0 Å². The van der Waals surface area contributed by atoms with Gasteiger partial charge in [0.1, 0.15) is 36.8 Å². The minimum Gasteiger partial charge on any atom is -0.462 e. The smallest absolute Gasteiger partial charge is 0.306 e. The maximum Gasteiger partial charge on any atom is 0.306 e. The number of ether oxygens (including phenoxy) is 4. The molecule has 0 amide bonds. The van der Waals surface area contributed by atoms with E-state index >= 15 is 0 Å². The standard InChI is InChI=1S/C53H94O12S/c1-3-5-7-9-11-13-15-17-19-20-21-22-23-24-25-26-28-29-31-33-35-37-39-41-48(54)62-43-46(44-63-53-52(58)51(57)50(56)47(65-53)45-66(59,60)61)64-49(55)42-40-38-36-34-32-30-27-18-16-14-12-10-8-6-4-2/h14,16,18,26-28,33,35,46-47,50-53,56-58H,3-13,15,17,19-25,29-32,34,36-45H2,1-2H3,(H,59,60,61)/b16-14+,27-18+,28-26+,35-33+/t46-,47-,50-,51?,52?,53+/m1/s1. The Morgan fingerprint density at radius 1 is 0.515 bits per heavy atom. The van der Waals surface area contributed by atoms with E-state index in [4.69, 9.17) is 18.9 Å². The lowest BCUT2D eigenvalue weighted by Gasteiger charge is -2.40. The van der Waals surface area contributed by atoms with Gasteiger partial charge in [0.15, 0.2) is 12.4 Å². The van der Waals surface area contributed by atoms with E-state index < -0.39 is 71.2 Å². The Bertz CT molecular complexity index is 1400. The predicted molar refractivity (Wildman–Crippen MR) is 266 cm³/mol. The van der Waals surface area contributed by atoms with Crippen molar-refractivity contribution in [3.63, 3.8) is 0 Å². The van der Waals surface area contributed by atoms with Crippen LogP contribution >= 0.6 is 0 Å². The summed E-state index contributed by atoms with van der Waals surface area (Å²) in [7, 11) is -4.61. The Morgan fingerprint density at radius 3 is 1.45 bits per heavy atom. The van der Waals surface area contributed by atoms with E-state index in [-0.39, 0.29) is 19.4 Å². The number of allylic oxidation sites excluding steroid dienone is 8. The van der Waals surface area contributed by atoms with Gasteiger partial charge in [-0.15, -0.1) is 0 Å². The molecule has 66 heavy (non-hydrogen) atoms. The second kappa shape index (κ2) is 42.7. The molecule has 0 aromatic carbocycles. The molecular formula is C53H94O12S. The second-order valence-corrected chi connectivity index (χ2v) is 19.7. The van der Waals surface area contributed by atoms with E-state index in [0.29, 0.717) is 19.3 Å². The molecule has 1 rings (SSSR count). The molecule has 1 aliphatic rings. The van der Waals surface area contributed by atoms with Crippen LogP contribution in [-0.4, -0.2) is 96.0 Å². The molecule has 6 atom stereocenters. The van der Waals surface area contributed by atoms with Crippen molar-refractivity contribution in [2.45, 2.75) is 256 Å². The summed E-state index contributed by atoms with van der Waals surface area (Å²) in [5, 5.41) is 31.0. The largest absolute Gasteiger partial charge is 0.462 e. The Kier molecular flexibility index (Phi) is 39.9. The van der Waals surface area contributed by atoms with E-state index in [9.17, 15) is 37.9 Å². The third-order valence-electron chi connectivity index (χ3n) is 11.9. The maximum atomic E-state index is 12.8. The van der Waals surface area contributed by atoms with E-state index in [0.717, 1.165) is 57.8 Å². The third-order valence-corrected chi connectivity index (χ3v) is 12.6. The van der Waals surface area contributed by atoms with Crippen molar-refractivity contribution in [2.75, 3.05) is 19.0 Å². The molecule has 12 nitrogen and oxygen atoms in total. The van der Waals surface area contributed by atoms with Crippen molar-refractivity contribution < 1.29 is 56.8 Å². The monoisotopic (exact) mass is 955 g/mol. The molecule has 384 valence electrons. The van der Waals surface area contributed by atoms with Gasteiger partial charge in [-0.3, -0.25) is 14.1 Å². The van der Waals surface area contributed by atoms with Gasteiger partial charge in [-0.1, -0.05) is 184 Å². The number of aliphatic hydroxyl groups is 3. The molecule has 0 saturated carbocycles. The van der Waals surface area contributed by atoms with Gasteiger partial charge in [0.2, 0.25) is 0 Å². The summed E-state index contributed by atoms with van der Waals surface area (Å²) in [5.41, 5.74) is 0. The Hall–Kier alpha value is -2.39. The van der Waals surface area contributed by atoms with Crippen LogP contribution in [0.25, 0.3) is 0 Å². The van der Waals surface area contributed by atoms with Gasteiger partial charge < -0.3 is 34.3 Å². The van der Waals surface area contributed by atoms with E-state index in [1.165, 1.54) is 116 Å². The molecule has 0 bridgehead atoms. The van der Waals surface area contributed by atoms with Crippen LogP contribution in [0.4, 0.5) is 0 Å². The number of hydrogen-bond donors (Lipinski definition) is 4. The van der Waals surface area contributed by atoms with Crippen LogP contribution < -0.4 is 0 Å². The molecule has 0 spiro atoms. The molecule has 2 unspecified atom stereocenters. The summed E-state index contributed by atoms with van der Waals surface area (Å²) in [6.45, 7) is 3.72. The van der Waals surface area contributed by atoms with Crippen molar-refractivity contribution in [1.29, 1.82) is 0 Å². The first-order valence-electron chi connectivity index (χ1n) is 26.2. The Morgan fingerprint density at radius 2 is 0.939 bits per heavy atom. The van der Waals surface area contributed by atoms with E-state index in [2.05, 4.69) is 62.5 Å². The lowest BCUT2D eigenvalue weighted by atomic mass is 10.00. The van der Waals surface area contributed by atoms with Crippen molar-refractivity contribution >= 4 is 22.1 Å². The van der Waals surface area contributed by atoms with Gasteiger partial charge in [0, 0.05) is 12.8 Å². The average Bonchev–Trinajstić information content (AvgIpc) is 3.28. The van der Waals surface area contributed by atoms with Gasteiger partial charge in [0.05, 0.1) is 6.61 Å². The zero-order chi connectivity index (χ0) is 48.4. The van der Waals surface area contributed by atoms with Crippen LogP contribution in [-0.2, 0) is 38.7 Å². The minimum absolute atomic E-state index is 0.138. The molecular weight excluding hydrogens is 861 g/mol. The van der Waals surface area contributed by atoms with Crippen LogP contribution in [0.5, 0.6) is 0 Å². The Balaban J connectivity index is 2.38. The zero-order valence-electron chi connectivity index (χ0n) is 41.3. The third kappa shape index (κ3) is 36.6. The molecule has 0 aliphatic carbocycles. The highest BCUT2D eigenvalue weighted by molar-refractivity contribution is 7.85. The van der Waals surface area contributed by atoms with Crippen LogP contribution in [0, 0.1) is 0 Å². The fourth-order valence-electron chi connectivity index (χ4n) is 7.81. The number of aliphatic hydroxyl groups excluding tert-OH is 3. The number of rotatable bonds is 44. The first kappa shape index (κ1) is 61.6. The molecule has 1 heterocycles. The van der Waals surface area contributed by atoms with Crippen molar-refractivity contribution in [3.8, 4) is 0 Å². The summed E-state index contributed by atoms with van der Waals surface area (Å²) in [5.74, 6) is -2.05. The first-order valence-corrected chi connectivity index (χ1v) is 27.8. The fraction of sp³-hybridized carbons (Fsp3) is 0.811. The van der Waals surface area contributed by atoms with Gasteiger partial charge in [-0.2, -0.15) is 8.42 Å². The highest BCUT2D eigenvalue weighted by atomic mass is 32.2. The van der Waals surface area contributed by atoms with Crippen LogP contribution in [0.3, 0.4) is 0 Å². The second-order valence-electron chi connectivity index (χ2n) is 18.2. The average molecular weight is 955 g/mol. The number of carbonyl (C=O) groups is 2. The molecule has 1 fully saturated rings. The lowest BCUT2D eigenvalue weighted by molar-refractivity contribution is -0.297. The minimum atomic E-state index is -4.61. The summed E-state index contributed by atoms with van der Waals surface area (Å²) in [6.07, 6.45) is 43.1. The number of esters is 2. The summed E-state index contributed by atoms with van der Waals surface area (Å²) < 4.78 is 54.2. The predicted octanol–water partition coefficient (Wildman–Crippen LogP) is 11.9. The molecule has 0 aromatic heterocycles. The number of hydrogen-bond acceptors (Lipinski definition) is 11. The molecule has 0 radical (unpaired) electrons. The SMILES string of the molecule is CCCCCC/C=C/C=C/CCCCCCCC(=O)O[C@H](COC(=O)CCC/C=C/CC/C=C/CCCCCCCCCCCCCCCC)CO[C@H]1O[C@H](CS(=O)(=O)O)[C@@H](O)C(O)C1O. The normalized spacial score (nSPS) is 19.8. The van der Waals surface area contributed by atoms with Crippen molar-refractivity contribution in [2.24, 2.45) is 0 Å². The number of unbranched alkanes of at least 4 members (excludes halogenated alkanes) is 25. The maximum absolute atomic E-state index is 12.8. The van der Waals surface area contributed by atoms with Gasteiger partial charge in [-0.05, 0) is 70.6 Å². The van der Waals surface area contributed by atoms with E-state index in [1.807, 2.05) is 0 Å². The first-order chi connectivity index (χ1) is 32.0. The lowest BCUT2D eigenvalue weighted by Crippen LogP contribution is -2.60. The quantitative estimate of drug-likeness (QED) is 0.0149. The molecule has 0 aromatic rings. The summed E-state index contributed by atoms with van der Waals surface area (Å²) >= 11 is 0. The van der Waals surface area contributed by atoms with Crippen LogP contribution in [0.15, 0.2) is 48.6 Å². The molecule has 13 heteroatoms. The summed E-state index contributed by atoms with van der Waals surface area (Å²) in [6, 6.07) is 0. The molecule has 1 aliphatic heterocycles. The summed E-state index contributed by atoms with van der Waals surface area (Å²) in [4.78, 5) is 25.5. The number of carbonyl (C=O) groups excluding carboxylic acids is 2. The zero-order valence-corrected chi connectivity index (χ0v) is 42.1. The van der Waals surface area contributed by atoms with Gasteiger partial charge in [0.25, 0.3) is 10.1 Å². The van der Waals surface area contributed by atoms with Gasteiger partial charge in [-0.25, -0.2) is 0 Å². The Labute approximate surface area is 401 Å². The highest BCUT2D eigenvalue weighted by Crippen LogP contribution is 2.24. The van der Waals surface area contributed by atoms with Crippen LogP contribution in [0.1, 0.15) is 219 Å². The topological polar surface area (TPSA) is 186 Å². The van der Waals surface area contributed by atoms with Gasteiger partial charge >= 0.3 is 11.9 Å².